The van der Waals surface area contributed by atoms with Crippen LogP contribution < -0.4 is 0 Å². The highest BCUT2D eigenvalue weighted by atomic mass is 16.3. The first kappa shape index (κ1) is 10.7. The van der Waals surface area contributed by atoms with Crippen LogP contribution in [0.15, 0.2) is 29.3 Å². The van der Waals surface area contributed by atoms with Gasteiger partial charge >= 0.3 is 0 Å². The van der Waals surface area contributed by atoms with E-state index in [-0.39, 0.29) is 18.4 Å². The summed E-state index contributed by atoms with van der Waals surface area (Å²) < 4.78 is 0. The lowest BCUT2D eigenvalue weighted by atomic mass is 10.2. The standard InChI is InChI=1S/C11H15NO2/c1-2-10(8-13)12-7-9-5-3-4-6-11(9)14/h3-7,10,13-14H,2,8H2,1H3/t10-/m0/s1. The molecule has 1 aromatic carbocycles. The van der Waals surface area contributed by atoms with Crippen LogP contribution in [0.3, 0.4) is 0 Å². The number of nitrogens with zero attached hydrogens (tertiary/aromatic N) is 1. The Bertz CT molecular complexity index is 306. The number of para-hydroxylation sites is 1. The second kappa shape index (κ2) is 5.40. The van der Waals surface area contributed by atoms with Crippen molar-refractivity contribution in [3.63, 3.8) is 0 Å². The number of hydrogen-bond donors (Lipinski definition) is 2. The lowest BCUT2D eigenvalue weighted by Gasteiger charge is -2.04. The van der Waals surface area contributed by atoms with E-state index in [9.17, 15) is 5.11 Å². The Morgan fingerprint density at radius 1 is 1.43 bits per heavy atom. The largest absolute Gasteiger partial charge is 0.507 e. The summed E-state index contributed by atoms with van der Waals surface area (Å²) >= 11 is 0. The zero-order chi connectivity index (χ0) is 10.4. The van der Waals surface area contributed by atoms with Gasteiger partial charge in [0.2, 0.25) is 0 Å². The van der Waals surface area contributed by atoms with Crippen molar-refractivity contribution in [2.45, 2.75) is 19.4 Å². The summed E-state index contributed by atoms with van der Waals surface area (Å²) in [4.78, 5) is 4.16. The van der Waals surface area contributed by atoms with Crippen molar-refractivity contribution < 1.29 is 10.2 Å². The molecule has 0 unspecified atom stereocenters. The minimum atomic E-state index is -0.0744. The van der Waals surface area contributed by atoms with Crippen molar-refractivity contribution in [1.29, 1.82) is 0 Å². The summed E-state index contributed by atoms with van der Waals surface area (Å²) in [6.45, 7) is 2.00. The van der Waals surface area contributed by atoms with E-state index >= 15 is 0 Å². The lowest BCUT2D eigenvalue weighted by Crippen LogP contribution is -2.08. The Hall–Kier alpha value is -1.35. The molecule has 0 saturated heterocycles. The molecule has 2 N–H and O–H groups in total. The van der Waals surface area contributed by atoms with E-state index in [4.69, 9.17) is 5.11 Å². The Labute approximate surface area is 83.7 Å². The SMILES string of the molecule is CC[C@@H](CO)N=Cc1ccccc1O. The van der Waals surface area contributed by atoms with Crippen molar-refractivity contribution >= 4 is 6.21 Å². The van der Waals surface area contributed by atoms with Crippen LogP contribution in [0.1, 0.15) is 18.9 Å². The van der Waals surface area contributed by atoms with Gasteiger partial charge in [0.05, 0.1) is 12.6 Å². The number of phenols is 1. The molecule has 1 atom stereocenters. The van der Waals surface area contributed by atoms with Crippen molar-refractivity contribution in [3.8, 4) is 5.75 Å². The zero-order valence-corrected chi connectivity index (χ0v) is 8.22. The van der Waals surface area contributed by atoms with Gasteiger partial charge in [-0.25, -0.2) is 0 Å². The van der Waals surface area contributed by atoms with E-state index in [0.29, 0.717) is 5.56 Å². The van der Waals surface area contributed by atoms with Gasteiger partial charge in [0.1, 0.15) is 5.75 Å². The Balaban J connectivity index is 2.72. The number of aliphatic imine (C=N–C) groups is 1. The number of rotatable bonds is 4. The maximum Gasteiger partial charge on any atom is 0.124 e. The topological polar surface area (TPSA) is 52.8 Å². The smallest absolute Gasteiger partial charge is 0.124 e. The third-order valence-corrected chi connectivity index (χ3v) is 2.04. The number of phenolic OH excluding ortho intramolecular Hbond substituents is 1. The normalized spacial score (nSPS) is 13.3. The molecule has 3 nitrogen and oxygen atoms in total. The first-order valence-electron chi connectivity index (χ1n) is 4.70. The third kappa shape index (κ3) is 2.85. The first-order valence-corrected chi connectivity index (χ1v) is 4.70. The first-order chi connectivity index (χ1) is 6.77. The number of aliphatic hydroxyl groups excluding tert-OH is 1. The van der Waals surface area contributed by atoms with E-state index in [1.54, 1.807) is 24.4 Å². The minimum Gasteiger partial charge on any atom is -0.507 e. The molecule has 1 aromatic rings. The van der Waals surface area contributed by atoms with Gasteiger partial charge in [0.25, 0.3) is 0 Å². The average Bonchev–Trinajstić information content (AvgIpc) is 2.22. The van der Waals surface area contributed by atoms with E-state index in [1.165, 1.54) is 0 Å². The molecule has 0 fully saturated rings. The van der Waals surface area contributed by atoms with Crippen molar-refractivity contribution in [2.24, 2.45) is 4.99 Å². The summed E-state index contributed by atoms with van der Waals surface area (Å²) in [6, 6.07) is 6.91. The van der Waals surface area contributed by atoms with E-state index in [2.05, 4.69) is 4.99 Å². The molecule has 0 aliphatic heterocycles. The molecule has 0 bridgehead atoms. The van der Waals surface area contributed by atoms with Crippen molar-refractivity contribution in [3.05, 3.63) is 29.8 Å². The van der Waals surface area contributed by atoms with Gasteiger partial charge in [0, 0.05) is 11.8 Å². The van der Waals surface area contributed by atoms with Crippen LogP contribution in [0.4, 0.5) is 0 Å². The molecule has 0 aromatic heterocycles. The monoisotopic (exact) mass is 193 g/mol. The summed E-state index contributed by atoms with van der Waals surface area (Å²) in [5, 5.41) is 18.3. The molecule has 0 amide bonds. The molecule has 1 rings (SSSR count). The van der Waals surface area contributed by atoms with Gasteiger partial charge in [-0.05, 0) is 18.6 Å². The Morgan fingerprint density at radius 3 is 2.71 bits per heavy atom. The quantitative estimate of drug-likeness (QED) is 0.713. The van der Waals surface area contributed by atoms with Gasteiger partial charge < -0.3 is 10.2 Å². The molecule has 14 heavy (non-hydrogen) atoms. The van der Waals surface area contributed by atoms with Crippen LogP contribution in [0.25, 0.3) is 0 Å². The average molecular weight is 193 g/mol. The second-order valence-electron chi connectivity index (χ2n) is 3.08. The van der Waals surface area contributed by atoms with E-state index in [0.717, 1.165) is 6.42 Å². The van der Waals surface area contributed by atoms with Crippen LogP contribution in [-0.4, -0.2) is 29.1 Å². The predicted molar refractivity (Wildman–Crippen MR) is 56.9 cm³/mol. The molecule has 0 aliphatic rings. The molecule has 0 radical (unpaired) electrons. The van der Waals surface area contributed by atoms with Crippen molar-refractivity contribution in [2.75, 3.05) is 6.61 Å². The van der Waals surface area contributed by atoms with Gasteiger partial charge in [0.15, 0.2) is 0 Å². The number of hydrogen-bond acceptors (Lipinski definition) is 3. The molecule has 0 spiro atoms. The maximum absolute atomic E-state index is 9.42. The van der Waals surface area contributed by atoms with Gasteiger partial charge in [-0.1, -0.05) is 19.1 Å². The molecule has 76 valence electrons. The number of aromatic hydroxyl groups is 1. The summed E-state index contributed by atoms with van der Waals surface area (Å²) in [5.74, 6) is 0.212. The fraction of sp³-hybridized carbons (Fsp3) is 0.364. The molecular weight excluding hydrogens is 178 g/mol. The fourth-order valence-electron chi connectivity index (χ4n) is 1.06. The second-order valence-corrected chi connectivity index (χ2v) is 3.08. The van der Waals surface area contributed by atoms with E-state index < -0.39 is 0 Å². The van der Waals surface area contributed by atoms with Gasteiger partial charge in [-0.2, -0.15) is 0 Å². The zero-order valence-electron chi connectivity index (χ0n) is 8.22. The Morgan fingerprint density at radius 2 is 2.14 bits per heavy atom. The highest BCUT2D eigenvalue weighted by Crippen LogP contribution is 2.13. The number of aliphatic hydroxyl groups is 1. The molecule has 3 heteroatoms. The molecular formula is C11H15NO2. The van der Waals surface area contributed by atoms with Crippen LogP contribution in [-0.2, 0) is 0 Å². The summed E-state index contributed by atoms with van der Waals surface area (Å²) in [6.07, 6.45) is 2.39. The summed E-state index contributed by atoms with van der Waals surface area (Å²) in [5.41, 5.74) is 0.680. The number of benzene rings is 1. The fourth-order valence-corrected chi connectivity index (χ4v) is 1.06. The maximum atomic E-state index is 9.42. The Kier molecular flexibility index (Phi) is 4.13. The molecule has 0 saturated carbocycles. The van der Waals surface area contributed by atoms with Gasteiger partial charge in [-0.3, -0.25) is 4.99 Å². The van der Waals surface area contributed by atoms with Crippen molar-refractivity contribution in [1.82, 2.24) is 0 Å². The molecule has 0 heterocycles. The predicted octanol–water partition coefficient (Wildman–Crippen LogP) is 1.58. The molecule has 0 aliphatic carbocycles. The lowest BCUT2D eigenvalue weighted by molar-refractivity contribution is 0.264. The van der Waals surface area contributed by atoms with Crippen LogP contribution in [0.5, 0.6) is 5.75 Å². The van der Waals surface area contributed by atoms with E-state index in [1.807, 2.05) is 13.0 Å². The third-order valence-electron chi connectivity index (χ3n) is 2.04. The van der Waals surface area contributed by atoms with Crippen LogP contribution >= 0.6 is 0 Å². The van der Waals surface area contributed by atoms with Gasteiger partial charge in [-0.15, -0.1) is 0 Å². The highest BCUT2D eigenvalue weighted by Gasteiger charge is 2.00. The minimum absolute atomic E-state index is 0.0423. The van der Waals surface area contributed by atoms with Crippen LogP contribution in [0, 0.1) is 0 Å². The summed E-state index contributed by atoms with van der Waals surface area (Å²) in [7, 11) is 0. The van der Waals surface area contributed by atoms with Crippen LogP contribution in [0.2, 0.25) is 0 Å². The highest BCUT2D eigenvalue weighted by molar-refractivity contribution is 5.83.